The molecule has 2 aliphatic heterocycles. The van der Waals surface area contributed by atoms with E-state index in [4.69, 9.17) is 9.47 Å². The van der Waals surface area contributed by atoms with E-state index in [2.05, 4.69) is 46.8 Å². The van der Waals surface area contributed by atoms with Gasteiger partial charge in [0.25, 0.3) is 0 Å². The van der Waals surface area contributed by atoms with Gasteiger partial charge >= 0.3 is 0 Å². The first-order valence-electron chi connectivity index (χ1n) is 10.6. The molecule has 1 saturated carbocycles. The van der Waals surface area contributed by atoms with E-state index in [1.54, 1.807) is 6.07 Å². The number of hydrogen-bond acceptors (Lipinski definition) is 4. The minimum Gasteiger partial charge on any atom is -0.508 e. The Hall–Kier alpha value is -1.36. The molecule has 2 heterocycles. The molecule has 4 aliphatic rings. The van der Waals surface area contributed by atoms with Crippen LogP contribution in [-0.2, 0) is 15.1 Å². The van der Waals surface area contributed by atoms with Gasteiger partial charge in [-0.05, 0) is 62.3 Å². The van der Waals surface area contributed by atoms with E-state index in [0.717, 1.165) is 29.5 Å². The van der Waals surface area contributed by atoms with Gasteiger partial charge in [-0.3, -0.25) is 0 Å². The Kier molecular flexibility index (Phi) is 3.47. The number of phenolic OH excluding ortho intramolecular Hbond substituents is 1. The van der Waals surface area contributed by atoms with E-state index in [1.807, 2.05) is 13.0 Å². The zero-order chi connectivity index (χ0) is 20.3. The van der Waals surface area contributed by atoms with Crippen molar-refractivity contribution in [1.29, 1.82) is 0 Å². The summed E-state index contributed by atoms with van der Waals surface area (Å²) < 4.78 is 13.7. The Bertz CT molecular complexity index is 889. The maximum atomic E-state index is 11.4. The average molecular weight is 385 g/mol. The number of rotatable bonds is 0. The molecule has 2 bridgehead atoms. The summed E-state index contributed by atoms with van der Waals surface area (Å²) in [5.74, 6) is -0.274. The average Bonchev–Trinajstić information content (AvgIpc) is 2.96. The molecule has 1 aromatic rings. The van der Waals surface area contributed by atoms with Crippen LogP contribution in [0.15, 0.2) is 18.2 Å². The van der Waals surface area contributed by atoms with Gasteiger partial charge in [-0.15, -0.1) is 0 Å². The number of benzene rings is 1. The minimum absolute atomic E-state index is 0.0183. The third kappa shape index (κ3) is 1.83. The van der Waals surface area contributed by atoms with Crippen LogP contribution in [0.25, 0.3) is 6.08 Å². The molecule has 1 spiro atoms. The van der Waals surface area contributed by atoms with Crippen molar-refractivity contribution in [2.24, 2.45) is 23.2 Å². The topological polar surface area (TPSA) is 58.9 Å². The highest BCUT2D eigenvalue weighted by molar-refractivity contribution is 5.67. The second kappa shape index (κ2) is 5.21. The molecule has 2 N–H and O–H groups in total. The van der Waals surface area contributed by atoms with Crippen LogP contribution in [0.2, 0.25) is 0 Å². The molecule has 4 heteroatoms. The molecular formula is C24H32O4. The molecule has 28 heavy (non-hydrogen) atoms. The quantitative estimate of drug-likeness (QED) is 0.691. The number of aliphatic hydroxyl groups is 1. The standard InChI is InChI=1S/C24H32O4/c1-13-16-9-11-22(6)17-10-12-23(22,18(16)7-8-19(13)25)28-24(14(17)2)20(26)15(3)21(4,5)27-24/h7-9,11,14-15,17,20,25-26H,10,12H2,1-6H3/t14-,15-,17+,20+,22-,23-,24-/m0/s1. The third-order valence-corrected chi connectivity index (χ3v) is 8.94. The van der Waals surface area contributed by atoms with Crippen molar-refractivity contribution in [2.75, 3.05) is 0 Å². The molecule has 2 aliphatic carbocycles. The highest BCUT2D eigenvalue weighted by Crippen LogP contribution is 2.71. The van der Waals surface area contributed by atoms with E-state index in [-0.39, 0.29) is 17.3 Å². The highest BCUT2D eigenvalue weighted by atomic mass is 16.7. The largest absolute Gasteiger partial charge is 0.508 e. The minimum atomic E-state index is -1.00. The zero-order valence-electron chi connectivity index (χ0n) is 17.7. The van der Waals surface area contributed by atoms with Gasteiger partial charge in [0.2, 0.25) is 0 Å². The summed E-state index contributed by atoms with van der Waals surface area (Å²) >= 11 is 0. The highest BCUT2D eigenvalue weighted by Gasteiger charge is 2.74. The smallest absolute Gasteiger partial charge is 0.199 e. The second-order valence-electron chi connectivity index (χ2n) is 10.3. The van der Waals surface area contributed by atoms with Crippen LogP contribution in [0, 0.1) is 30.1 Å². The van der Waals surface area contributed by atoms with Gasteiger partial charge in [-0.1, -0.05) is 39.0 Å². The Labute approximate surface area is 167 Å². The number of aromatic hydroxyl groups is 1. The number of aliphatic hydroxyl groups excluding tert-OH is 1. The number of hydrogen-bond donors (Lipinski definition) is 2. The monoisotopic (exact) mass is 384 g/mol. The molecule has 0 aromatic heterocycles. The fraction of sp³-hybridized carbons (Fsp3) is 0.667. The fourth-order valence-electron chi connectivity index (χ4n) is 6.82. The molecule has 7 atom stereocenters. The summed E-state index contributed by atoms with van der Waals surface area (Å²) in [5, 5.41) is 21.6. The summed E-state index contributed by atoms with van der Waals surface area (Å²) in [6, 6.07) is 3.80. The van der Waals surface area contributed by atoms with Gasteiger partial charge in [0, 0.05) is 17.3 Å². The maximum absolute atomic E-state index is 11.4. The summed E-state index contributed by atoms with van der Waals surface area (Å²) in [6.45, 7) is 12.6. The molecule has 1 aromatic carbocycles. The lowest BCUT2D eigenvalue weighted by molar-refractivity contribution is -0.382. The Morgan fingerprint density at radius 3 is 2.43 bits per heavy atom. The lowest BCUT2D eigenvalue weighted by Gasteiger charge is -2.59. The number of phenols is 1. The molecule has 3 fully saturated rings. The predicted octanol–water partition coefficient (Wildman–Crippen LogP) is 4.51. The van der Waals surface area contributed by atoms with Crippen molar-refractivity contribution in [2.45, 2.75) is 77.5 Å². The molecule has 2 saturated heterocycles. The van der Waals surface area contributed by atoms with Crippen LogP contribution in [0.3, 0.4) is 0 Å². The molecule has 0 amide bonds. The summed E-state index contributed by atoms with van der Waals surface area (Å²) in [7, 11) is 0. The van der Waals surface area contributed by atoms with E-state index in [9.17, 15) is 10.2 Å². The van der Waals surface area contributed by atoms with Crippen molar-refractivity contribution in [1.82, 2.24) is 0 Å². The lowest BCUT2D eigenvalue weighted by atomic mass is 9.57. The normalized spacial score (nSPS) is 48.0. The van der Waals surface area contributed by atoms with E-state index in [1.165, 1.54) is 0 Å². The first-order chi connectivity index (χ1) is 13.0. The van der Waals surface area contributed by atoms with Crippen molar-refractivity contribution in [3.63, 3.8) is 0 Å². The molecule has 0 radical (unpaired) electrons. The second-order valence-corrected chi connectivity index (χ2v) is 10.3. The van der Waals surface area contributed by atoms with Crippen LogP contribution in [0.4, 0.5) is 0 Å². The zero-order valence-corrected chi connectivity index (χ0v) is 17.7. The van der Waals surface area contributed by atoms with Gasteiger partial charge in [0.1, 0.15) is 17.5 Å². The maximum Gasteiger partial charge on any atom is 0.199 e. The Morgan fingerprint density at radius 2 is 1.79 bits per heavy atom. The van der Waals surface area contributed by atoms with Gasteiger partial charge in [-0.2, -0.15) is 0 Å². The fourth-order valence-corrected chi connectivity index (χ4v) is 6.82. The van der Waals surface area contributed by atoms with Crippen LogP contribution in [0.5, 0.6) is 5.75 Å². The lowest BCUT2D eigenvalue weighted by Crippen LogP contribution is -2.64. The van der Waals surface area contributed by atoms with Crippen molar-refractivity contribution in [3.8, 4) is 5.75 Å². The van der Waals surface area contributed by atoms with E-state index < -0.39 is 23.1 Å². The van der Waals surface area contributed by atoms with Crippen LogP contribution in [-0.4, -0.2) is 27.7 Å². The first kappa shape index (κ1) is 18.7. The first-order valence-corrected chi connectivity index (χ1v) is 10.6. The van der Waals surface area contributed by atoms with Crippen LogP contribution < -0.4 is 0 Å². The van der Waals surface area contributed by atoms with Gasteiger partial charge in [0.15, 0.2) is 5.79 Å². The van der Waals surface area contributed by atoms with Gasteiger partial charge in [0.05, 0.1) is 5.60 Å². The molecular weight excluding hydrogens is 352 g/mol. The van der Waals surface area contributed by atoms with Crippen molar-refractivity contribution in [3.05, 3.63) is 34.9 Å². The Balaban J connectivity index is 1.74. The molecule has 4 nitrogen and oxygen atoms in total. The third-order valence-electron chi connectivity index (χ3n) is 8.94. The van der Waals surface area contributed by atoms with Crippen molar-refractivity contribution >= 4 is 6.08 Å². The van der Waals surface area contributed by atoms with Crippen LogP contribution in [0.1, 0.15) is 64.2 Å². The van der Waals surface area contributed by atoms with Crippen molar-refractivity contribution < 1.29 is 19.7 Å². The van der Waals surface area contributed by atoms with Crippen LogP contribution >= 0.6 is 0 Å². The molecule has 5 rings (SSSR count). The van der Waals surface area contributed by atoms with E-state index >= 15 is 0 Å². The number of ether oxygens (including phenoxy) is 2. The molecule has 152 valence electrons. The predicted molar refractivity (Wildman–Crippen MR) is 108 cm³/mol. The Morgan fingerprint density at radius 1 is 1.07 bits per heavy atom. The summed E-state index contributed by atoms with van der Waals surface area (Å²) in [5.41, 5.74) is 1.89. The molecule has 0 unspecified atom stereocenters. The van der Waals surface area contributed by atoms with Gasteiger partial charge < -0.3 is 19.7 Å². The summed E-state index contributed by atoms with van der Waals surface area (Å²) in [6.07, 6.45) is 5.71. The number of fused-ring (bicyclic) bond motifs is 1. The summed E-state index contributed by atoms with van der Waals surface area (Å²) in [4.78, 5) is 0. The van der Waals surface area contributed by atoms with Gasteiger partial charge in [-0.25, -0.2) is 0 Å². The van der Waals surface area contributed by atoms with E-state index in [0.29, 0.717) is 11.7 Å². The SMILES string of the molecule is Cc1c(O)ccc2c1C=C[C@@]1(C)[C@@H]3CC[C@]21O[C@@]1(OC(C)(C)[C@@H](C)[C@H]1O)[C@H]3C.